The molecule has 1 heterocycles. The Bertz CT molecular complexity index is 667. The first-order chi connectivity index (χ1) is 9.79. The first-order valence-corrected chi connectivity index (χ1v) is 6.50. The highest BCUT2D eigenvalue weighted by atomic mass is 35.5. The van der Waals surface area contributed by atoms with E-state index in [0.717, 1.165) is 28.1 Å². The van der Waals surface area contributed by atoms with Gasteiger partial charge < -0.3 is 0 Å². The van der Waals surface area contributed by atoms with Gasteiger partial charge >= 0.3 is 0 Å². The summed E-state index contributed by atoms with van der Waals surface area (Å²) < 4.78 is 0. The van der Waals surface area contributed by atoms with Crippen LogP contribution in [0.1, 0.15) is 5.56 Å². The molecule has 0 saturated carbocycles. The van der Waals surface area contributed by atoms with Gasteiger partial charge in [-0.1, -0.05) is 29.7 Å². The van der Waals surface area contributed by atoms with E-state index < -0.39 is 0 Å². The molecule has 1 aromatic carbocycles. The average molecular weight is 281 g/mol. The number of pyridine rings is 1. The van der Waals surface area contributed by atoms with Crippen molar-refractivity contribution in [3.8, 4) is 23.5 Å². The van der Waals surface area contributed by atoms with Gasteiger partial charge in [0.05, 0.1) is 6.21 Å². The molecule has 2 aromatic rings. The van der Waals surface area contributed by atoms with E-state index in [1.54, 1.807) is 18.6 Å². The highest BCUT2D eigenvalue weighted by Crippen LogP contribution is 2.24. The highest BCUT2D eigenvalue weighted by molar-refractivity contribution is 6.31. The number of halogens is 1. The van der Waals surface area contributed by atoms with Crippen LogP contribution in [-0.2, 0) is 6.42 Å². The SMILES string of the molecule is C#CC=N/C=C\Cc1cc(Cl)cc(-c2ccncc2)c1. The molecule has 2 nitrogen and oxygen atoms in total. The summed E-state index contributed by atoms with van der Waals surface area (Å²) >= 11 is 6.17. The zero-order valence-electron chi connectivity index (χ0n) is 10.8. The fraction of sp³-hybridized carbons (Fsp3) is 0.0588. The van der Waals surface area contributed by atoms with Crippen molar-refractivity contribution in [3.63, 3.8) is 0 Å². The third-order valence-corrected chi connectivity index (χ3v) is 2.88. The van der Waals surface area contributed by atoms with Gasteiger partial charge in [-0.3, -0.25) is 9.98 Å². The molecule has 2 rings (SSSR count). The van der Waals surface area contributed by atoms with Crippen LogP contribution < -0.4 is 0 Å². The molecule has 0 N–H and O–H groups in total. The Labute approximate surface area is 123 Å². The Balaban J connectivity index is 2.20. The number of allylic oxidation sites excluding steroid dienone is 1. The second kappa shape index (κ2) is 7.28. The lowest BCUT2D eigenvalue weighted by molar-refractivity contribution is 1.25. The third-order valence-electron chi connectivity index (χ3n) is 2.67. The van der Waals surface area contributed by atoms with Crippen molar-refractivity contribution in [3.05, 3.63) is 65.6 Å². The second-order valence-electron chi connectivity index (χ2n) is 4.12. The number of benzene rings is 1. The average Bonchev–Trinajstić information content (AvgIpc) is 2.47. The Morgan fingerprint density at radius 2 is 2.00 bits per heavy atom. The van der Waals surface area contributed by atoms with Gasteiger partial charge in [-0.05, 0) is 47.4 Å². The number of hydrogen-bond donors (Lipinski definition) is 0. The minimum atomic E-state index is 0.717. The molecular formula is C17H13ClN2. The van der Waals surface area contributed by atoms with Crippen molar-refractivity contribution in [2.75, 3.05) is 0 Å². The topological polar surface area (TPSA) is 25.2 Å². The van der Waals surface area contributed by atoms with Crippen molar-refractivity contribution >= 4 is 17.8 Å². The summed E-state index contributed by atoms with van der Waals surface area (Å²) in [7, 11) is 0. The molecule has 0 fully saturated rings. The Morgan fingerprint density at radius 1 is 1.20 bits per heavy atom. The van der Waals surface area contributed by atoms with E-state index in [2.05, 4.69) is 22.0 Å². The lowest BCUT2D eigenvalue weighted by Crippen LogP contribution is -1.85. The molecule has 0 atom stereocenters. The lowest BCUT2D eigenvalue weighted by atomic mass is 10.0. The van der Waals surface area contributed by atoms with Gasteiger partial charge in [0.2, 0.25) is 0 Å². The summed E-state index contributed by atoms with van der Waals surface area (Å²) in [5.41, 5.74) is 3.30. The van der Waals surface area contributed by atoms with Crippen molar-refractivity contribution in [1.29, 1.82) is 0 Å². The molecule has 0 spiro atoms. The molecule has 0 saturated heterocycles. The summed E-state index contributed by atoms with van der Waals surface area (Å²) in [5.74, 6) is 2.34. The van der Waals surface area contributed by atoms with E-state index in [-0.39, 0.29) is 0 Å². The Hall–Kier alpha value is -2.37. The maximum Gasteiger partial charge on any atom is 0.0763 e. The second-order valence-corrected chi connectivity index (χ2v) is 4.55. The first-order valence-electron chi connectivity index (χ1n) is 6.12. The Kier molecular flexibility index (Phi) is 5.11. The summed E-state index contributed by atoms with van der Waals surface area (Å²) in [4.78, 5) is 7.94. The third kappa shape index (κ3) is 4.08. The first kappa shape index (κ1) is 14.0. The maximum absolute atomic E-state index is 6.17. The largest absolute Gasteiger partial charge is 0.265 e. The smallest absolute Gasteiger partial charge is 0.0763 e. The van der Waals surface area contributed by atoms with Gasteiger partial charge in [-0.25, -0.2) is 0 Å². The van der Waals surface area contributed by atoms with Gasteiger partial charge in [-0.15, -0.1) is 6.42 Å². The zero-order valence-corrected chi connectivity index (χ0v) is 11.6. The van der Waals surface area contributed by atoms with Gasteiger partial charge in [-0.2, -0.15) is 0 Å². The predicted octanol–water partition coefficient (Wildman–Crippen LogP) is 4.16. The molecule has 98 valence electrons. The fourth-order valence-electron chi connectivity index (χ4n) is 1.81. The van der Waals surface area contributed by atoms with Crippen LogP contribution in [0.5, 0.6) is 0 Å². The van der Waals surface area contributed by atoms with E-state index in [0.29, 0.717) is 0 Å². The highest BCUT2D eigenvalue weighted by Gasteiger charge is 2.01. The minimum absolute atomic E-state index is 0.717. The lowest BCUT2D eigenvalue weighted by Gasteiger charge is -2.05. The molecule has 0 unspecified atom stereocenters. The summed E-state index contributed by atoms with van der Waals surface area (Å²) in [5, 5.41) is 0.717. The molecule has 0 aliphatic rings. The molecule has 1 aromatic heterocycles. The van der Waals surface area contributed by atoms with E-state index in [1.807, 2.05) is 30.3 Å². The van der Waals surface area contributed by atoms with Crippen molar-refractivity contribution in [1.82, 2.24) is 4.98 Å². The molecule has 0 aliphatic heterocycles. The van der Waals surface area contributed by atoms with Crippen LogP contribution in [0.15, 0.2) is 60.0 Å². The molecule has 0 bridgehead atoms. The van der Waals surface area contributed by atoms with Crippen molar-refractivity contribution in [2.45, 2.75) is 6.42 Å². The van der Waals surface area contributed by atoms with Gasteiger partial charge in [0.15, 0.2) is 0 Å². The minimum Gasteiger partial charge on any atom is -0.265 e. The molecule has 20 heavy (non-hydrogen) atoms. The number of rotatable bonds is 4. The van der Waals surface area contributed by atoms with Crippen LogP contribution in [0.3, 0.4) is 0 Å². The number of aromatic nitrogens is 1. The van der Waals surface area contributed by atoms with Crippen molar-refractivity contribution in [2.24, 2.45) is 4.99 Å². The van der Waals surface area contributed by atoms with Crippen LogP contribution >= 0.6 is 11.6 Å². The van der Waals surface area contributed by atoms with Crippen LogP contribution in [-0.4, -0.2) is 11.2 Å². The fourth-order valence-corrected chi connectivity index (χ4v) is 2.07. The normalized spacial score (nSPS) is 11.0. The maximum atomic E-state index is 6.17. The molecule has 0 aliphatic carbocycles. The van der Waals surface area contributed by atoms with E-state index in [4.69, 9.17) is 18.0 Å². The van der Waals surface area contributed by atoms with Gasteiger partial charge in [0.1, 0.15) is 0 Å². The number of hydrogen-bond acceptors (Lipinski definition) is 2. The van der Waals surface area contributed by atoms with Crippen LogP contribution in [0, 0.1) is 12.3 Å². The van der Waals surface area contributed by atoms with E-state index in [9.17, 15) is 0 Å². The number of nitrogens with zero attached hydrogens (tertiary/aromatic N) is 2. The molecular weight excluding hydrogens is 268 g/mol. The molecule has 3 heteroatoms. The van der Waals surface area contributed by atoms with E-state index >= 15 is 0 Å². The number of terminal acetylenes is 1. The van der Waals surface area contributed by atoms with E-state index in [1.165, 1.54) is 6.21 Å². The Morgan fingerprint density at radius 3 is 2.75 bits per heavy atom. The van der Waals surface area contributed by atoms with Crippen molar-refractivity contribution < 1.29 is 0 Å². The predicted molar refractivity (Wildman–Crippen MR) is 84.9 cm³/mol. The monoisotopic (exact) mass is 280 g/mol. The summed E-state index contributed by atoms with van der Waals surface area (Å²) in [6, 6.07) is 9.92. The van der Waals surface area contributed by atoms with Gasteiger partial charge in [0, 0.05) is 23.6 Å². The summed E-state index contributed by atoms with van der Waals surface area (Å²) in [6.45, 7) is 0. The zero-order chi connectivity index (χ0) is 14.2. The molecule has 0 amide bonds. The quantitative estimate of drug-likeness (QED) is 0.610. The molecule has 0 radical (unpaired) electrons. The number of aliphatic imine (C=N–C) groups is 1. The summed E-state index contributed by atoms with van der Waals surface area (Å²) in [6.07, 6.45) is 14.4. The van der Waals surface area contributed by atoms with Crippen LogP contribution in [0.4, 0.5) is 0 Å². The van der Waals surface area contributed by atoms with Gasteiger partial charge in [0.25, 0.3) is 0 Å². The standard InChI is InChI=1S/C17H13ClN2/c1-2-7-19-8-3-4-14-11-16(13-17(18)12-14)15-5-9-20-10-6-15/h1,3,5-13H,4H2/b8-3-,19-7?. The van der Waals surface area contributed by atoms with Crippen LogP contribution in [0.25, 0.3) is 11.1 Å². The van der Waals surface area contributed by atoms with Crippen LogP contribution in [0.2, 0.25) is 5.02 Å².